The molecule has 1 heterocycles. The van der Waals surface area contributed by atoms with E-state index in [9.17, 15) is 9.59 Å². The van der Waals surface area contributed by atoms with Gasteiger partial charge in [0.2, 0.25) is 0 Å². The van der Waals surface area contributed by atoms with Crippen LogP contribution in [0.25, 0.3) is 0 Å². The van der Waals surface area contributed by atoms with Gasteiger partial charge < -0.3 is 4.74 Å². The molecule has 2 bridgehead atoms. The van der Waals surface area contributed by atoms with Crippen molar-refractivity contribution < 1.29 is 14.3 Å². The largest absolute Gasteiger partial charge is 0.489 e. The predicted molar refractivity (Wildman–Crippen MR) is 116 cm³/mol. The van der Waals surface area contributed by atoms with Gasteiger partial charge in [0, 0.05) is 0 Å². The summed E-state index contributed by atoms with van der Waals surface area (Å²) in [5.74, 6) is 1.74. The maximum absolute atomic E-state index is 13.0. The predicted octanol–water partition coefficient (Wildman–Crippen LogP) is 3.96. The summed E-state index contributed by atoms with van der Waals surface area (Å²) in [6, 6.07) is 15.8. The highest BCUT2D eigenvalue weighted by Gasteiger charge is 2.67. The summed E-state index contributed by atoms with van der Waals surface area (Å²) in [4.78, 5) is 25.9. The molecule has 0 unspecified atom stereocenters. The smallest absolute Gasteiger partial charge is 0.254 e. The van der Waals surface area contributed by atoms with Gasteiger partial charge in [-0.05, 0) is 72.4 Å². The fraction of sp³-hybridized carbons (Fsp3) is 0.346. The van der Waals surface area contributed by atoms with Crippen LogP contribution in [0.3, 0.4) is 0 Å². The monoisotopic (exact) mass is 412 g/mol. The van der Waals surface area contributed by atoms with Crippen molar-refractivity contribution in [1.82, 2.24) is 5.01 Å². The molecule has 31 heavy (non-hydrogen) atoms. The highest BCUT2D eigenvalue weighted by atomic mass is 16.5. The van der Waals surface area contributed by atoms with Crippen molar-refractivity contribution in [3.8, 4) is 5.75 Å². The summed E-state index contributed by atoms with van der Waals surface area (Å²) in [5.41, 5.74) is 3.16. The van der Waals surface area contributed by atoms with Gasteiger partial charge >= 0.3 is 0 Å². The molecule has 2 aromatic carbocycles. The summed E-state index contributed by atoms with van der Waals surface area (Å²) in [6.07, 6.45) is 7.10. The third-order valence-electron chi connectivity index (χ3n) is 7.37. The van der Waals surface area contributed by atoms with Gasteiger partial charge in [-0.1, -0.05) is 42.0 Å². The Hall–Kier alpha value is -3.21. The van der Waals surface area contributed by atoms with Gasteiger partial charge in [-0.2, -0.15) is 10.1 Å². The molecule has 2 amide bonds. The zero-order chi connectivity index (χ0) is 21.1. The fourth-order valence-corrected chi connectivity index (χ4v) is 5.68. The average molecular weight is 412 g/mol. The summed E-state index contributed by atoms with van der Waals surface area (Å²) in [5, 5.41) is 5.41. The SMILES string of the molecule is Cc1ccc(COc2ccc(/C=N\N3C(=O)[C@@H]4[C@H]5C=C[C@@H]([C@@H]6C[C@H]56)[C@@H]4C3=O)cc2)cc1. The highest BCUT2D eigenvalue weighted by molar-refractivity contribution is 6.06. The minimum atomic E-state index is -0.207. The Morgan fingerprint density at radius 1 is 0.935 bits per heavy atom. The normalized spacial score (nSPS) is 32.5. The minimum absolute atomic E-state index is 0.131. The van der Waals surface area contributed by atoms with E-state index in [1.807, 2.05) is 24.3 Å². The van der Waals surface area contributed by atoms with Crippen LogP contribution in [0.1, 0.15) is 23.1 Å². The van der Waals surface area contributed by atoms with Crippen molar-refractivity contribution in [2.45, 2.75) is 20.0 Å². The van der Waals surface area contributed by atoms with Crippen LogP contribution >= 0.6 is 0 Å². The van der Waals surface area contributed by atoms with Crippen molar-refractivity contribution in [2.75, 3.05) is 0 Å². The number of carbonyl (C=O) groups excluding carboxylic acids is 2. The first-order chi connectivity index (χ1) is 15.1. The maximum atomic E-state index is 13.0. The standard InChI is InChI=1S/C26H24N2O3/c1-15-2-4-17(5-3-15)14-31-18-8-6-16(7-9-18)13-27-28-25(29)23-19-10-11-20(22-12-21(19)22)24(23)26(28)30/h2-11,13,19-24H,12,14H2,1H3/b27-13-/t19-,20-,21-,22+,23-,24+/m0/s1. The molecule has 0 spiro atoms. The maximum Gasteiger partial charge on any atom is 0.254 e. The molecule has 1 saturated heterocycles. The minimum Gasteiger partial charge on any atom is -0.489 e. The second-order valence-corrected chi connectivity index (χ2v) is 9.23. The lowest BCUT2D eigenvalue weighted by molar-refractivity contribution is -0.140. The van der Waals surface area contributed by atoms with Crippen LogP contribution in [0, 0.1) is 42.4 Å². The number of ether oxygens (including phenoxy) is 1. The molecule has 5 nitrogen and oxygen atoms in total. The van der Waals surface area contributed by atoms with Gasteiger partial charge in [0.05, 0.1) is 18.1 Å². The van der Waals surface area contributed by atoms with E-state index in [4.69, 9.17) is 4.74 Å². The van der Waals surface area contributed by atoms with Crippen LogP contribution in [-0.2, 0) is 16.2 Å². The van der Waals surface area contributed by atoms with Crippen LogP contribution in [-0.4, -0.2) is 23.0 Å². The van der Waals surface area contributed by atoms with E-state index < -0.39 is 0 Å². The molecule has 0 radical (unpaired) electrons. The molecule has 0 aromatic heterocycles. The average Bonchev–Trinajstić information content (AvgIpc) is 3.57. The number of amides is 2. The van der Waals surface area contributed by atoms with Crippen molar-refractivity contribution in [3.63, 3.8) is 0 Å². The van der Waals surface area contributed by atoms with E-state index in [-0.39, 0.29) is 35.5 Å². The van der Waals surface area contributed by atoms with Crippen LogP contribution in [0.5, 0.6) is 5.75 Å². The lowest BCUT2D eigenvalue weighted by atomic mass is 9.63. The summed E-state index contributed by atoms with van der Waals surface area (Å²) in [7, 11) is 0. The third kappa shape index (κ3) is 3.02. The van der Waals surface area contributed by atoms with Crippen LogP contribution in [0.15, 0.2) is 65.8 Å². The van der Waals surface area contributed by atoms with Crippen LogP contribution in [0.4, 0.5) is 0 Å². The Labute approximate surface area is 181 Å². The summed E-state index contributed by atoms with van der Waals surface area (Å²) < 4.78 is 5.84. The van der Waals surface area contributed by atoms with Crippen LogP contribution in [0.2, 0.25) is 0 Å². The van der Waals surface area contributed by atoms with Crippen molar-refractivity contribution in [2.24, 2.45) is 40.6 Å². The number of nitrogens with zero attached hydrogens (tertiary/aromatic N) is 2. The lowest BCUT2D eigenvalue weighted by Crippen LogP contribution is -2.40. The van der Waals surface area contributed by atoms with Gasteiger partial charge in [-0.25, -0.2) is 0 Å². The fourth-order valence-electron chi connectivity index (χ4n) is 5.68. The van der Waals surface area contributed by atoms with E-state index >= 15 is 0 Å². The second-order valence-electron chi connectivity index (χ2n) is 9.23. The molecular formula is C26H24N2O3. The Kier molecular flexibility index (Phi) is 4.13. The number of imide groups is 1. The molecule has 2 aromatic rings. The highest BCUT2D eigenvalue weighted by Crippen LogP contribution is 2.65. The first-order valence-electron chi connectivity index (χ1n) is 11.0. The third-order valence-corrected chi connectivity index (χ3v) is 7.37. The quantitative estimate of drug-likeness (QED) is 0.424. The van der Waals surface area contributed by atoms with Crippen molar-refractivity contribution >= 4 is 18.0 Å². The van der Waals surface area contributed by atoms with E-state index in [2.05, 4.69) is 48.4 Å². The number of hydrogen-bond donors (Lipinski definition) is 0. The zero-order valence-electron chi connectivity index (χ0n) is 17.3. The number of carbonyl (C=O) groups is 2. The molecule has 7 rings (SSSR count). The van der Waals surface area contributed by atoms with E-state index in [1.54, 1.807) is 6.21 Å². The number of hydrogen-bond acceptors (Lipinski definition) is 4. The lowest BCUT2D eigenvalue weighted by Gasteiger charge is -2.37. The van der Waals surface area contributed by atoms with Crippen molar-refractivity contribution in [1.29, 1.82) is 0 Å². The molecule has 5 aliphatic rings. The van der Waals surface area contributed by atoms with Gasteiger partial charge in [0.15, 0.2) is 0 Å². The second kappa shape index (κ2) is 6.91. The van der Waals surface area contributed by atoms with Crippen LogP contribution < -0.4 is 4.74 Å². The van der Waals surface area contributed by atoms with Gasteiger partial charge in [-0.3, -0.25) is 9.59 Å². The Morgan fingerprint density at radius 3 is 2.16 bits per heavy atom. The zero-order valence-corrected chi connectivity index (χ0v) is 17.3. The van der Waals surface area contributed by atoms with Gasteiger partial charge in [0.1, 0.15) is 12.4 Å². The van der Waals surface area contributed by atoms with Crippen molar-refractivity contribution in [3.05, 3.63) is 77.4 Å². The first kappa shape index (κ1) is 18.6. The summed E-state index contributed by atoms with van der Waals surface area (Å²) in [6.45, 7) is 2.57. The number of hydrazone groups is 1. The Bertz CT molecular complexity index is 1070. The number of allylic oxidation sites excluding steroid dienone is 2. The Morgan fingerprint density at radius 2 is 1.55 bits per heavy atom. The number of benzene rings is 2. The van der Waals surface area contributed by atoms with E-state index in [0.717, 1.165) is 28.3 Å². The topological polar surface area (TPSA) is 59.0 Å². The molecule has 1 aliphatic heterocycles. The Balaban J connectivity index is 1.12. The molecule has 4 aliphatic carbocycles. The number of aryl methyl sites for hydroxylation is 1. The van der Waals surface area contributed by atoms with E-state index in [1.165, 1.54) is 5.56 Å². The molecule has 5 heteroatoms. The summed E-state index contributed by atoms with van der Waals surface area (Å²) >= 11 is 0. The number of rotatable bonds is 5. The first-order valence-corrected chi connectivity index (χ1v) is 11.0. The molecule has 2 saturated carbocycles. The molecular weight excluding hydrogens is 388 g/mol. The van der Waals surface area contributed by atoms with E-state index in [0.29, 0.717) is 18.4 Å². The van der Waals surface area contributed by atoms with Gasteiger partial charge in [0.25, 0.3) is 11.8 Å². The molecule has 3 fully saturated rings. The molecule has 156 valence electrons. The molecule has 0 N–H and O–H groups in total. The van der Waals surface area contributed by atoms with Gasteiger partial charge in [-0.15, -0.1) is 0 Å². The molecule has 6 atom stereocenters.